The Morgan fingerprint density at radius 3 is 2.07 bits per heavy atom. The molecule has 0 atom stereocenters. The van der Waals surface area contributed by atoms with Gasteiger partial charge in [-0.1, -0.05) is 12.1 Å². The van der Waals surface area contributed by atoms with Crippen molar-refractivity contribution in [2.24, 2.45) is 0 Å². The standard InChI is InChI=1S/C22H18N4O3/c1-27-19-9-8-15(20(28-2)21(19)29-3)16-10-18(26-22(25)17(16)12-24)14-6-4-13(11-23)5-7-14/h4-10H,1-3H3,(H2,25,26). The predicted octanol–water partition coefficient (Wildman–Crippen LogP) is 3.77. The second-order valence-corrected chi connectivity index (χ2v) is 6.00. The van der Waals surface area contributed by atoms with Crippen LogP contribution in [0.2, 0.25) is 0 Å². The molecule has 0 amide bonds. The zero-order valence-corrected chi connectivity index (χ0v) is 16.2. The number of methoxy groups -OCH3 is 3. The van der Waals surface area contributed by atoms with E-state index in [4.69, 9.17) is 25.2 Å². The van der Waals surface area contributed by atoms with Gasteiger partial charge in [0, 0.05) is 16.7 Å². The number of anilines is 1. The number of nitrogens with zero attached hydrogens (tertiary/aromatic N) is 3. The zero-order valence-electron chi connectivity index (χ0n) is 16.2. The molecule has 29 heavy (non-hydrogen) atoms. The van der Waals surface area contributed by atoms with Crippen molar-refractivity contribution in [2.45, 2.75) is 0 Å². The number of hydrogen-bond donors (Lipinski definition) is 1. The van der Waals surface area contributed by atoms with E-state index < -0.39 is 0 Å². The fourth-order valence-electron chi connectivity index (χ4n) is 3.07. The molecule has 1 heterocycles. The summed E-state index contributed by atoms with van der Waals surface area (Å²) in [6.45, 7) is 0. The molecule has 0 spiro atoms. The van der Waals surface area contributed by atoms with Crippen LogP contribution in [0.4, 0.5) is 5.82 Å². The third kappa shape index (κ3) is 3.50. The highest BCUT2D eigenvalue weighted by molar-refractivity contribution is 5.85. The summed E-state index contributed by atoms with van der Waals surface area (Å²) < 4.78 is 16.4. The van der Waals surface area contributed by atoms with Gasteiger partial charge >= 0.3 is 0 Å². The van der Waals surface area contributed by atoms with E-state index in [0.717, 1.165) is 5.56 Å². The molecule has 1 aromatic heterocycles. The molecule has 144 valence electrons. The zero-order chi connectivity index (χ0) is 21.0. The molecular weight excluding hydrogens is 368 g/mol. The predicted molar refractivity (Wildman–Crippen MR) is 109 cm³/mol. The van der Waals surface area contributed by atoms with Crippen molar-refractivity contribution in [3.05, 3.63) is 53.6 Å². The molecule has 0 aliphatic heterocycles. The van der Waals surface area contributed by atoms with Gasteiger partial charge in [-0.25, -0.2) is 4.98 Å². The third-order valence-electron chi connectivity index (χ3n) is 4.46. The lowest BCUT2D eigenvalue weighted by atomic mass is 9.97. The van der Waals surface area contributed by atoms with Gasteiger partial charge in [-0.05, 0) is 30.3 Å². The monoisotopic (exact) mass is 386 g/mol. The maximum absolute atomic E-state index is 9.68. The largest absolute Gasteiger partial charge is 0.493 e. The highest BCUT2D eigenvalue weighted by Gasteiger charge is 2.21. The number of nitrogens with two attached hydrogens (primary N) is 1. The third-order valence-corrected chi connectivity index (χ3v) is 4.46. The van der Waals surface area contributed by atoms with Crippen LogP contribution in [-0.4, -0.2) is 26.3 Å². The van der Waals surface area contributed by atoms with Crippen LogP contribution in [0.5, 0.6) is 17.2 Å². The molecule has 0 saturated carbocycles. The van der Waals surface area contributed by atoms with Crippen molar-refractivity contribution in [3.63, 3.8) is 0 Å². The summed E-state index contributed by atoms with van der Waals surface area (Å²) in [4.78, 5) is 4.36. The van der Waals surface area contributed by atoms with Crippen LogP contribution in [0.1, 0.15) is 11.1 Å². The minimum absolute atomic E-state index is 0.0983. The number of benzene rings is 2. The van der Waals surface area contributed by atoms with Crippen LogP contribution >= 0.6 is 0 Å². The molecule has 0 fully saturated rings. The Kier molecular flexibility index (Phi) is 5.52. The molecule has 0 saturated heterocycles. The van der Waals surface area contributed by atoms with Crippen molar-refractivity contribution >= 4 is 5.82 Å². The lowest BCUT2D eigenvalue weighted by Gasteiger charge is -2.17. The smallest absolute Gasteiger partial charge is 0.203 e. The number of ether oxygens (including phenoxy) is 3. The fourth-order valence-corrected chi connectivity index (χ4v) is 3.07. The normalized spacial score (nSPS) is 9.97. The molecule has 0 aliphatic carbocycles. The maximum atomic E-state index is 9.68. The average molecular weight is 386 g/mol. The Morgan fingerprint density at radius 2 is 1.52 bits per heavy atom. The van der Waals surface area contributed by atoms with E-state index in [1.807, 2.05) is 0 Å². The van der Waals surface area contributed by atoms with Crippen molar-refractivity contribution in [2.75, 3.05) is 27.1 Å². The molecule has 2 N–H and O–H groups in total. The first-order chi connectivity index (χ1) is 14.1. The maximum Gasteiger partial charge on any atom is 0.203 e. The van der Waals surface area contributed by atoms with E-state index >= 15 is 0 Å². The highest BCUT2D eigenvalue weighted by atomic mass is 16.5. The van der Waals surface area contributed by atoms with E-state index in [2.05, 4.69) is 17.1 Å². The summed E-state index contributed by atoms with van der Waals surface area (Å²) in [6, 6.07) is 16.4. The summed E-state index contributed by atoms with van der Waals surface area (Å²) in [6.07, 6.45) is 0. The van der Waals surface area contributed by atoms with Crippen LogP contribution in [0.3, 0.4) is 0 Å². The number of nitriles is 2. The van der Waals surface area contributed by atoms with Crippen LogP contribution in [0.15, 0.2) is 42.5 Å². The SMILES string of the molecule is COc1ccc(-c2cc(-c3ccc(C#N)cc3)nc(N)c2C#N)c(OC)c1OC. The van der Waals surface area contributed by atoms with Crippen molar-refractivity contribution in [1.82, 2.24) is 4.98 Å². The van der Waals surface area contributed by atoms with Gasteiger partial charge in [0.2, 0.25) is 5.75 Å². The van der Waals surface area contributed by atoms with Crippen LogP contribution in [-0.2, 0) is 0 Å². The summed E-state index contributed by atoms with van der Waals surface area (Å²) in [7, 11) is 4.56. The first kappa shape index (κ1) is 19.5. The van der Waals surface area contributed by atoms with Crippen molar-refractivity contribution in [3.8, 4) is 51.8 Å². The number of pyridine rings is 1. The minimum atomic E-state index is 0.0983. The second-order valence-electron chi connectivity index (χ2n) is 6.00. The molecule has 2 aromatic carbocycles. The first-order valence-electron chi connectivity index (χ1n) is 8.58. The van der Waals surface area contributed by atoms with E-state index in [1.54, 1.807) is 42.5 Å². The van der Waals surface area contributed by atoms with Gasteiger partial charge in [0.15, 0.2) is 11.5 Å². The number of aromatic nitrogens is 1. The Hall–Kier alpha value is -4.23. The molecule has 7 nitrogen and oxygen atoms in total. The molecule has 0 bridgehead atoms. The summed E-state index contributed by atoms with van der Waals surface area (Å²) in [5.41, 5.74) is 9.37. The van der Waals surface area contributed by atoms with Gasteiger partial charge in [0.25, 0.3) is 0 Å². The van der Waals surface area contributed by atoms with Crippen LogP contribution < -0.4 is 19.9 Å². The highest BCUT2D eigenvalue weighted by Crippen LogP contribution is 2.46. The van der Waals surface area contributed by atoms with Crippen LogP contribution in [0.25, 0.3) is 22.4 Å². The molecule has 3 aromatic rings. The summed E-state index contributed by atoms with van der Waals surface area (Å²) in [5, 5.41) is 18.7. The lowest BCUT2D eigenvalue weighted by molar-refractivity contribution is 0.325. The average Bonchev–Trinajstić information content (AvgIpc) is 2.77. The quantitative estimate of drug-likeness (QED) is 0.710. The van der Waals surface area contributed by atoms with E-state index in [0.29, 0.717) is 39.6 Å². The second kappa shape index (κ2) is 8.20. The van der Waals surface area contributed by atoms with Crippen molar-refractivity contribution < 1.29 is 14.2 Å². The molecule has 0 radical (unpaired) electrons. The number of nitrogen functional groups attached to an aromatic ring is 1. The molecule has 3 rings (SSSR count). The molecule has 7 heteroatoms. The van der Waals surface area contributed by atoms with Gasteiger partial charge in [0.05, 0.1) is 38.7 Å². The van der Waals surface area contributed by atoms with Crippen LogP contribution in [0, 0.1) is 22.7 Å². The van der Waals surface area contributed by atoms with Gasteiger partial charge < -0.3 is 19.9 Å². The summed E-state index contributed by atoms with van der Waals surface area (Å²) in [5.74, 6) is 1.42. The van der Waals surface area contributed by atoms with E-state index in [1.165, 1.54) is 21.3 Å². The number of rotatable bonds is 5. The molecule has 0 aliphatic rings. The van der Waals surface area contributed by atoms with Gasteiger partial charge in [-0.15, -0.1) is 0 Å². The van der Waals surface area contributed by atoms with E-state index in [9.17, 15) is 5.26 Å². The Morgan fingerprint density at radius 1 is 0.828 bits per heavy atom. The lowest BCUT2D eigenvalue weighted by Crippen LogP contribution is -2.02. The summed E-state index contributed by atoms with van der Waals surface area (Å²) >= 11 is 0. The van der Waals surface area contributed by atoms with Crippen molar-refractivity contribution in [1.29, 1.82) is 10.5 Å². The molecular formula is C22H18N4O3. The topological polar surface area (TPSA) is 114 Å². The Labute approximate surface area is 168 Å². The van der Waals surface area contributed by atoms with Gasteiger partial charge in [-0.3, -0.25) is 0 Å². The fraction of sp³-hybridized carbons (Fsp3) is 0.136. The van der Waals surface area contributed by atoms with Gasteiger partial charge in [-0.2, -0.15) is 10.5 Å². The Bertz CT molecular complexity index is 1140. The Balaban J connectivity index is 2.28. The number of hydrogen-bond acceptors (Lipinski definition) is 7. The van der Waals surface area contributed by atoms with Gasteiger partial charge in [0.1, 0.15) is 17.5 Å². The first-order valence-corrected chi connectivity index (χ1v) is 8.58. The minimum Gasteiger partial charge on any atom is -0.493 e. The molecule has 0 unspecified atom stereocenters. The van der Waals surface area contributed by atoms with E-state index in [-0.39, 0.29) is 11.4 Å².